The molecule has 0 bridgehead atoms. The molecule has 2 atom stereocenters. The van der Waals surface area contributed by atoms with Crippen LogP contribution in [0.25, 0.3) is 10.8 Å². The zero-order valence-corrected chi connectivity index (χ0v) is 12.6. The number of nitrogens with one attached hydrogen (secondary N) is 1. The number of fused-ring (bicyclic) bond motifs is 1. The normalized spacial score (nSPS) is 22.0. The molecule has 1 heterocycles. The molecule has 1 N–H and O–H groups in total. The van der Waals surface area contributed by atoms with E-state index in [-0.39, 0.29) is 5.56 Å². The molecule has 21 heavy (non-hydrogen) atoms. The van der Waals surface area contributed by atoms with E-state index in [1.54, 1.807) is 6.20 Å². The Morgan fingerprint density at radius 3 is 2.95 bits per heavy atom. The van der Waals surface area contributed by atoms with E-state index in [1.807, 2.05) is 24.3 Å². The van der Waals surface area contributed by atoms with Crippen molar-refractivity contribution in [2.75, 3.05) is 20.6 Å². The third-order valence-electron chi connectivity index (χ3n) is 4.16. The molecule has 0 aliphatic heterocycles. The molecule has 1 aromatic carbocycles. The first-order valence-electron chi connectivity index (χ1n) is 7.54. The zero-order chi connectivity index (χ0) is 14.8. The highest BCUT2D eigenvalue weighted by atomic mass is 16.5. The van der Waals surface area contributed by atoms with Crippen LogP contribution in [-0.2, 0) is 0 Å². The Labute approximate surface area is 124 Å². The number of H-pyrrole nitrogens is 1. The molecule has 1 fully saturated rings. The molecule has 3 rings (SSSR count). The molecule has 1 aromatic heterocycles. The number of benzene rings is 1. The van der Waals surface area contributed by atoms with Gasteiger partial charge in [-0.15, -0.1) is 0 Å². The highest BCUT2D eigenvalue weighted by Gasteiger charge is 2.26. The smallest absolute Gasteiger partial charge is 0.255 e. The molecule has 0 amide bonds. The fourth-order valence-corrected chi connectivity index (χ4v) is 3.25. The maximum atomic E-state index is 11.7. The third-order valence-corrected chi connectivity index (χ3v) is 4.16. The van der Waals surface area contributed by atoms with E-state index < -0.39 is 0 Å². The molecule has 4 nitrogen and oxygen atoms in total. The maximum absolute atomic E-state index is 11.7. The van der Waals surface area contributed by atoms with E-state index in [4.69, 9.17) is 4.74 Å². The van der Waals surface area contributed by atoms with Crippen LogP contribution in [0.2, 0.25) is 0 Å². The summed E-state index contributed by atoms with van der Waals surface area (Å²) >= 11 is 0. The average Bonchev–Trinajstić information content (AvgIpc) is 2.85. The zero-order valence-electron chi connectivity index (χ0n) is 12.6. The van der Waals surface area contributed by atoms with E-state index >= 15 is 0 Å². The second kappa shape index (κ2) is 5.90. The van der Waals surface area contributed by atoms with Gasteiger partial charge in [-0.05, 0) is 68.9 Å². The van der Waals surface area contributed by atoms with Crippen molar-refractivity contribution in [3.8, 4) is 5.75 Å². The van der Waals surface area contributed by atoms with Gasteiger partial charge in [-0.3, -0.25) is 4.79 Å². The quantitative estimate of drug-likeness (QED) is 0.940. The molecule has 0 spiro atoms. The monoisotopic (exact) mass is 286 g/mol. The molecule has 0 radical (unpaired) electrons. The first-order valence-corrected chi connectivity index (χ1v) is 7.54. The molecule has 1 saturated carbocycles. The number of rotatable bonds is 4. The molecule has 0 unspecified atom stereocenters. The second-order valence-corrected chi connectivity index (χ2v) is 6.24. The standard InChI is InChI=1S/C17H22N2O2/c1-19(2)11-12-3-4-14(9-12)21-15-5-6-16-13(10-15)7-8-18-17(16)20/h5-8,10,12,14H,3-4,9,11H2,1-2H3,(H,18,20)/t12-,14+/m0/s1. The van der Waals surface area contributed by atoms with Crippen molar-refractivity contribution >= 4 is 10.8 Å². The lowest BCUT2D eigenvalue weighted by molar-refractivity contribution is 0.199. The SMILES string of the molecule is CN(C)C[C@H]1CC[C@@H](Oc2ccc3c(=O)[nH]ccc3c2)C1. The molecular formula is C17H22N2O2. The van der Waals surface area contributed by atoms with E-state index in [0.29, 0.717) is 11.5 Å². The van der Waals surface area contributed by atoms with Gasteiger partial charge in [0.05, 0.1) is 6.10 Å². The van der Waals surface area contributed by atoms with Crippen LogP contribution in [-0.4, -0.2) is 36.6 Å². The molecule has 4 heteroatoms. The number of nitrogens with zero attached hydrogens (tertiary/aromatic N) is 1. The largest absolute Gasteiger partial charge is 0.490 e. The van der Waals surface area contributed by atoms with Crippen LogP contribution in [0.3, 0.4) is 0 Å². The maximum Gasteiger partial charge on any atom is 0.255 e. The summed E-state index contributed by atoms with van der Waals surface area (Å²) < 4.78 is 6.10. The number of hydrogen-bond acceptors (Lipinski definition) is 3. The van der Waals surface area contributed by atoms with Gasteiger partial charge >= 0.3 is 0 Å². The fourth-order valence-electron chi connectivity index (χ4n) is 3.25. The van der Waals surface area contributed by atoms with Crippen LogP contribution < -0.4 is 10.3 Å². The number of aromatic amines is 1. The summed E-state index contributed by atoms with van der Waals surface area (Å²) in [6.45, 7) is 1.13. The topological polar surface area (TPSA) is 45.3 Å². The number of hydrogen-bond donors (Lipinski definition) is 1. The lowest BCUT2D eigenvalue weighted by atomic mass is 10.1. The summed E-state index contributed by atoms with van der Waals surface area (Å²) in [5.74, 6) is 1.59. The number of ether oxygens (including phenoxy) is 1. The minimum atomic E-state index is -0.0500. The van der Waals surface area contributed by atoms with Crippen LogP contribution in [0, 0.1) is 5.92 Å². The van der Waals surface area contributed by atoms with Gasteiger partial charge in [-0.1, -0.05) is 0 Å². The van der Waals surface area contributed by atoms with Gasteiger partial charge in [-0.25, -0.2) is 0 Å². The van der Waals surface area contributed by atoms with Gasteiger partial charge in [0, 0.05) is 18.1 Å². The minimum Gasteiger partial charge on any atom is -0.490 e. The van der Waals surface area contributed by atoms with Crippen molar-refractivity contribution in [2.24, 2.45) is 5.92 Å². The molecule has 0 saturated heterocycles. The predicted molar refractivity (Wildman–Crippen MR) is 84.9 cm³/mol. The summed E-state index contributed by atoms with van der Waals surface area (Å²) in [7, 11) is 4.24. The fraction of sp³-hybridized carbons (Fsp3) is 0.471. The lowest BCUT2D eigenvalue weighted by Crippen LogP contribution is -2.21. The lowest BCUT2D eigenvalue weighted by Gasteiger charge is -2.17. The Morgan fingerprint density at radius 2 is 2.14 bits per heavy atom. The Bertz CT molecular complexity index is 678. The van der Waals surface area contributed by atoms with Gasteiger partial charge in [0.1, 0.15) is 5.75 Å². The first kappa shape index (κ1) is 14.1. The van der Waals surface area contributed by atoms with Crippen molar-refractivity contribution in [3.05, 3.63) is 40.8 Å². The Balaban J connectivity index is 1.70. The summed E-state index contributed by atoms with van der Waals surface area (Å²) in [4.78, 5) is 16.6. The molecule has 112 valence electrons. The van der Waals surface area contributed by atoms with E-state index in [0.717, 1.165) is 36.4 Å². The molecular weight excluding hydrogens is 264 g/mol. The van der Waals surface area contributed by atoms with Crippen LogP contribution in [0.1, 0.15) is 19.3 Å². The first-order chi connectivity index (χ1) is 10.1. The summed E-state index contributed by atoms with van der Waals surface area (Å²) in [5.41, 5.74) is -0.0500. The van der Waals surface area contributed by atoms with Crippen molar-refractivity contribution in [3.63, 3.8) is 0 Å². The van der Waals surface area contributed by atoms with Gasteiger partial charge in [0.2, 0.25) is 0 Å². The van der Waals surface area contributed by atoms with Gasteiger partial charge in [0.25, 0.3) is 5.56 Å². The van der Waals surface area contributed by atoms with E-state index in [9.17, 15) is 4.79 Å². The van der Waals surface area contributed by atoms with Crippen LogP contribution >= 0.6 is 0 Å². The van der Waals surface area contributed by atoms with Crippen LogP contribution in [0.4, 0.5) is 0 Å². The van der Waals surface area contributed by atoms with Gasteiger partial charge in [0.15, 0.2) is 0 Å². The van der Waals surface area contributed by atoms with Gasteiger partial charge in [-0.2, -0.15) is 0 Å². The van der Waals surface area contributed by atoms with Gasteiger partial charge < -0.3 is 14.6 Å². The summed E-state index contributed by atoms with van der Waals surface area (Å²) in [5, 5.41) is 1.64. The van der Waals surface area contributed by atoms with Crippen molar-refractivity contribution in [2.45, 2.75) is 25.4 Å². The van der Waals surface area contributed by atoms with Crippen molar-refractivity contribution < 1.29 is 4.74 Å². The molecule has 1 aliphatic carbocycles. The Hall–Kier alpha value is -1.81. The average molecular weight is 286 g/mol. The Morgan fingerprint density at radius 1 is 1.29 bits per heavy atom. The van der Waals surface area contributed by atoms with Crippen LogP contribution in [0.15, 0.2) is 35.3 Å². The highest BCUT2D eigenvalue weighted by Crippen LogP contribution is 2.30. The summed E-state index contributed by atoms with van der Waals surface area (Å²) in [6, 6.07) is 7.61. The highest BCUT2D eigenvalue weighted by molar-refractivity contribution is 5.82. The Kier molecular flexibility index (Phi) is 3.97. The predicted octanol–water partition coefficient (Wildman–Crippen LogP) is 2.64. The van der Waals surface area contributed by atoms with Crippen molar-refractivity contribution in [1.82, 2.24) is 9.88 Å². The number of aromatic nitrogens is 1. The molecule has 1 aliphatic rings. The number of pyridine rings is 1. The van der Waals surface area contributed by atoms with E-state index in [1.165, 1.54) is 6.42 Å². The molecule has 2 aromatic rings. The van der Waals surface area contributed by atoms with Crippen molar-refractivity contribution in [1.29, 1.82) is 0 Å². The van der Waals surface area contributed by atoms with Crippen LogP contribution in [0.5, 0.6) is 5.75 Å². The third kappa shape index (κ3) is 3.27. The summed E-state index contributed by atoms with van der Waals surface area (Å²) in [6.07, 6.45) is 5.44. The van der Waals surface area contributed by atoms with E-state index in [2.05, 4.69) is 24.0 Å². The minimum absolute atomic E-state index is 0.0500. The second-order valence-electron chi connectivity index (χ2n) is 6.24.